The van der Waals surface area contributed by atoms with E-state index in [-0.39, 0.29) is 17.5 Å². The van der Waals surface area contributed by atoms with Gasteiger partial charge in [-0.25, -0.2) is 4.79 Å². The molecule has 0 saturated heterocycles. The Morgan fingerprint density at radius 2 is 1.93 bits per heavy atom. The molecule has 1 N–H and O–H groups in total. The minimum Gasteiger partial charge on any atom is -0.423 e. The van der Waals surface area contributed by atoms with Crippen molar-refractivity contribution in [2.24, 2.45) is 17.3 Å². The molecule has 0 amide bonds. The van der Waals surface area contributed by atoms with Crippen LogP contribution in [-0.2, 0) is 6.42 Å². The lowest BCUT2D eigenvalue weighted by atomic mass is 9.56. The Bertz CT molecular complexity index is 890. The van der Waals surface area contributed by atoms with E-state index in [1.54, 1.807) is 12.1 Å². The smallest absolute Gasteiger partial charge is 0.343 e. The second-order valence-electron chi connectivity index (χ2n) is 9.17. The Morgan fingerprint density at radius 3 is 2.75 bits per heavy atom. The minimum atomic E-state index is -0.303. The monoisotopic (exact) mass is 378 g/mol. The van der Waals surface area contributed by atoms with Crippen LogP contribution in [0.4, 0.5) is 0 Å². The van der Waals surface area contributed by atoms with Gasteiger partial charge in [-0.2, -0.15) is 0 Å². The molecule has 2 saturated carbocycles. The topological polar surface area (TPSA) is 46.5 Å². The van der Waals surface area contributed by atoms with Crippen LogP contribution in [0.5, 0.6) is 5.75 Å². The lowest BCUT2D eigenvalue weighted by Crippen LogP contribution is -2.43. The van der Waals surface area contributed by atoms with Gasteiger partial charge in [0.1, 0.15) is 5.75 Å². The molecule has 146 valence electrons. The van der Waals surface area contributed by atoms with Gasteiger partial charge in [0.25, 0.3) is 0 Å². The zero-order valence-electron chi connectivity index (χ0n) is 16.4. The molecular formula is C25H28O3. The van der Waals surface area contributed by atoms with E-state index in [1.807, 2.05) is 24.3 Å². The first-order valence-corrected chi connectivity index (χ1v) is 10.6. The molecular weight excluding hydrogens is 350 g/mol. The van der Waals surface area contributed by atoms with Crippen LogP contribution >= 0.6 is 0 Å². The van der Waals surface area contributed by atoms with E-state index in [9.17, 15) is 9.90 Å². The van der Waals surface area contributed by atoms with Crippen molar-refractivity contribution in [3.63, 3.8) is 0 Å². The van der Waals surface area contributed by atoms with Gasteiger partial charge in [-0.1, -0.05) is 31.2 Å². The molecule has 0 spiro atoms. The van der Waals surface area contributed by atoms with Crippen molar-refractivity contribution < 1.29 is 14.6 Å². The Morgan fingerprint density at radius 1 is 1.11 bits per heavy atom. The number of hydrogen-bond acceptors (Lipinski definition) is 3. The van der Waals surface area contributed by atoms with Gasteiger partial charge in [-0.15, -0.1) is 0 Å². The van der Waals surface area contributed by atoms with E-state index in [1.165, 1.54) is 24.0 Å². The van der Waals surface area contributed by atoms with Crippen LogP contribution in [0.2, 0.25) is 0 Å². The SMILES string of the molecule is C[C@]12CC[C@@H]3c4ccc(OC(=O)c5ccccc5)[14cH]c4CC[C@H]3[C@@H]1CC[C@@H]2O. The fourth-order valence-corrected chi connectivity index (χ4v) is 6.33. The summed E-state index contributed by atoms with van der Waals surface area (Å²) in [7, 11) is 0. The minimum absolute atomic E-state index is 0.115. The average Bonchev–Trinajstić information content (AvgIpc) is 3.03. The lowest BCUT2D eigenvalue weighted by Gasteiger charge is -2.50. The summed E-state index contributed by atoms with van der Waals surface area (Å²) in [6.45, 7) is 2.31. The molecule has 0 bridgehead atoms. The van der Waals surface area contributed by atoms with Crippen molar-refractivity contribution >= 4 is 5.97 Å². The molecule has 2 aromatic rings. The average molecular weight is 378 g/mol. The maximum absolute atomic E-state index is 12.4. The summed E-state index contributed by atoms with van der Waals surface area (Å²) >= 11 is 0. The fraction of sp³-hybridized carbons (Fsp3) is 0.480. The highest BCUT2D eigenvalue weighted by atomic mass is 16.5. The molecule has 3 aliphatic rings. The summed E-state index contributed by atoms with van der Waals surface area (Å²) in [5, 5.41) is 10.5. The Labute approximate surface area is 166 Å². The van der Waals surface area contributed by atoms with Crippen molar-refractivity contribution in [2.45, 2.75) is 57.5 Å². The number of benzene rings is 2. The van der Waals surface area contributed by atoms with Crippen LogP contribution in [0.1, 0.15) is 66.4 Å². The van der Waals surface area contributed by atoms with E-state index >= 15 is 0 Å². The van der Waals surface area contributed by atoms with E-state index in [0.717, 1.165) is 25.7 Å². The molecule has 0 radical (unpaired) electrons. The highest BCUT2D eigenvalue weighted by Gasteiger charge is 2.54. The predicted octanol–water partition coefficient (Wildman–Crippen LogP) is 5.12. The number of aliphatic hydroxyl groups is 1. The fourth-order valence-electron chi connectivity index (χ4n) is 6.33. The molecule has 3 nitrogen and oxygen atoms in total. The van der Waals surface area contributed by atoms with Crippen LogP contribution in [0.25, 0.3) is 0 Å². The summed E-state index contributed by atoms with van der Waals surface area (Å²) in [6.07, 6.45) is 6.50. The van der Waals surface area contributed by atoms with Gasteiger partial charge in [0, 0.05) is 0 Å². The van der Waals surface area contributed by atoms with Gasteiger partial charge in [0.2, 0.25) is 0 Å². The molecule has 0 heterocycles. The van der Waals surface area contributed by atoms with Crippen LogP contribution in [-0.4, -0.2) is 17.2 Å². The molecule has 2 aromatic carbocycles. The Kier molecular flexibility index (Phi) is 4.31. The van der Waals surface area contributed by atoms with Crippen LogP contribution in [0.3, 0.4) is 0 Å². The number of esters is 1. The molecule has 5 atom stereocenters. The van der Waals surface area contributed by atoms with Gasteiger partial charge in [0.15, 0.2) is 0 Å². The van der Waals surface area contributed by atoms with Crippen LogP contribution in [0.15, 0.2) is 48.5 Å². The van der Waals surface area contributed by atoms with Crippen LogP contribution in [0, 0.1) is 17.3 Å². The van der Waals surface area contributed by atoms with E-state index in [0.29, 0.717) is 29.1 Å². The first-order valence-electron chi connectivity index (χ1n) is 10.6. The third-order valence-electron chi connectivity index (χ3n) is 7.87. The molecule has 0 aromatic heterocycles. The van der Waals surface area contributed by atoms with Crippen molar-refractivity contribution in [3.8, 4) is 5.75 Å². The first kappa shape index (κ1) is 17.9. The number of carbonyl (C=O) groups is 1. The summed E-state index contributed by atoms with van der Waals surface area (Å²) < 4.78 is 5.63. The van der Waals surface area contributed by atoms with Crippen molar-refractivity contribution in [1.82, 2.24) is 0 Å². The highest BCUT2D eigenvalue weighted by molar-refractivity contribution is 5.91. The normalized spacial score (nSPS) is 33.5. The molecule has 3 aliphatic carbocycles. The largest absolute Gasteiger partial charge is 0.423 e. The molecule has 0 aliphatic heterocycles. The Hall–Kier alpha value is -2.13. The molecule has 28 heavy (non-hydrogen) atoms. The second-order valence-corrected chi connectivity index (χ2v) is 9.17. The molecule has 2 fully saturated rings. The summed E-state index contributed by atoms with van der Waals surface area (Å²) in [4.78, 5) is 12.4. The predicted molar refractivity (Wildman–Crippen MR) is 108 cm³/mol. The van der Waals surface area contributed by atoms with Crippen LogP contribution < -0.4 is 4.74 Å². The lowest BCUT2D eigenvalue weighted by molar-refractivity contribution is -0.0226. The number of hydrogen-bond donors (Lipinski definition) is 1. The van der Waals surface area contributed by atoms with Crippen molar-refractivity contribution in [2.75, 3.05) is 0 Å². The van der Waals surface area contributed by atoms with Gasteiger partial charge in [-0.05, 0) is 97.1 Å². The maximum Gasteiger partial charge on any atom is 0.343 e. The second kappa shape index (κ2) is 6.73. The third-order valence-corrected chi connectivity index (χ3v) is 7.87. The zero-order valence-corrected chi connectivity index (χ0v) is 16.4. The van der Waals surface area contributed by atoms with Crippen molar-refractivity contribution in [1.29, 1.82) is 0 Å². The number of carbonyl (C=O) groups excluding carboxylic acids is 1. The first-order chi connectivity index (χ1) is 13.6. The number of aryl methyl sites for hydroxylation is 1. The third kappa shape index (κ3) is 2.79. The van der Waals surface area contributed by atoms with E-state index < -0.39 is 0 Å². The summed E-state index contributed by atoms with van der Waals surface area (Å²) in [6, 6.07) is 15.4. The number of aliphatic hydroxyl groups excluding tert-OH is 1. The van der Waals surface area contributed by atoms with E-state index in [2.05, 4.69) is 19.1 Å². The van der Waals surface area contributed by atoms with Gasteiger partial charge in [0.05, 0.1) is 11.7 Å². The zero-order chi connectivity index (χ0) is 19.3. The maximum atomic E-state index is 12.4. The quantitative estimate of drug-likeness (QED) is 0.583. The number of ether oxygens (including phenoxy) is 1. The standard InChI is InChI=1S/C25H28O3/c1-25-14-13-20-19-10-8-18(28-24(27)16-5-3-2-4-6-16)15-17(19)7-9-21(20)22(25)11-12-23(25)26/h2-6,8,10,15,20-23,26H,7,9,11-14H2,1H3/t20-,21-,22+,23+,25+/m1/s1/i15+2. The number of fused-ring (bicyclic) bond motifs is 5. The van der Waals surface area contributed by atoms with Gasteiger partial charge >= 0.3 is 5.97 Å². The van der Waals surface area contributed by atoms with E-state index in [4.69, 9.17) is 4.74 Å². The number of rotatable bonds is 2. The van der Waals surface area contributed by atoms with Crippen molar-refractivity contribution in [3.05, 3.63) is 65.2 Å². The van der Waals surface area contributed by atoms with Gasteiger partial charge < -0.3 is 9.84 Å². The van der Waals surface area contributed by atoms with Gasteiger partial charge in [-0.3, -0.25) is 0 Å². The summed E-state index contributed by atoms with van der Waals surface area (Å²) in [5.41, 5.74) is 3.47. The molecule has 0 unspecified atom stereocenters. The summed E-state index contributed by atoms with van der Waals surface area (Å²) in [5.74, 6) is 2.25. The molecule has 3 heteroatoms. The highest BCUT2D eigenvalue weighted by Crippen LogP contribution is 2.60. The molecule has 5 rings (SSSR count). The Balaban J connectivity index is 1.37.